The van der Waals surface area contributed by atoms with Crippen LogP contribution in [0.15, 0.2) is 71.1 Å². The number of anilines is 1. The van der Waals surface area contributed by atoms with Crippen LogP contribution in [0.25, 0.3) is 22.3 Å². The Bertz CT molecular complexity index is 1360. The fourth-order valence-corrected chi connectivity index (χ4v) is 3.41. The number of carbonyl (C=O) groups is 2. The molecule has 8 heteroatoms. The van der Waals surface area contributed by atoms with Crippen molar-refractivity contribution < 1.29 is 23.8 Å². The largest absolute Gasteiger partial charge is 0.497 e. The number of amidine groups is 1. The lowest BCUT2D eigenvalue weighted by Crippen LogP contribution is -2.14. The van der Waals surface area contributed by atoms with Crippen molar-refractivity contribution >= 4 is 34.4 Å². The highest BCUT2D eigenvalue weighted by Gasteiger charge is 2.25. The molecule has 32 heavy (non-hydrogen) atoms. The van der Waals surface area contributed by atoms with Crippen LogP contribution in [0, 0.1) is 5.41 Å². The number of nitrogens with two attached hydrogens (primary N) is 1. The standard InChI is InChI=1S/C24H19N3O5/c1-31-15-10-11-19-18(12-15)20(21(32-19)16-4-2-3-5-17(16)24(29)30)23(28)27-14-8-6-13(7-9-14)22(25)26/h2-12H,1H3,(H3,25,26)(H,27,28)(H,29,30). The fourth-order valence-electron chi connectivity index (χ4n) is 3.41. The van der Waals surface area contributed by atoms with E-state index < -0.39 is 11.9 Å². The fraction of sp³-hybridized carbons (Fsp3) is 0.0417. The van der Waals surface area contributed by atoms with Gasteiger partial charge in [-0.3, -0.25) is 10.2 Å². The zero-order valence-corrected chi connectivity index (χ0v) is 17.0. The number of aromatic carboxylic acids is 1. The quantitative estimate of drug-likeness (QED) is 0.266. The van der Waals surface area contributed by atoms with Crippen LogP contribution >= 0.6 is 0 Å². The van der Waals surface area contributed by atoms with E-state index in [1.54, 1.807) is 60.7 Å². The number of ether oxygens (including phenoxy) is 1. The minimum absolute atomic E-state index is 0.0124. The molecule has 0 saturated heterocycles. The van der Waals surface area contributed by atoms with Crippen molar-refractivity contribution in [3.8, 4) is 17.1 Å². The minimum Gasteiger partial charge on any atom is -0.497 e. The maximum Gasteiger partial charge on any atom is 0.336 e. The molecule has 0 spiro atoms. The summed E-state index contributed by atoms with van der Waals surface area (Å²) >= 11 is 0. The van der Waals surface area contributed by atoms with E-state index in [1.165, 1.54) is 13.2 Å². The number of fused-ring (bicyclic) bond motifs is 1. The number of hydrogen-bond acceptors (Lipinski definition) is 5. The third kappa shape index (κ3) is 3.77. The first-order valence-electron chi connectivity index (χ1n) is 9.58. The average Bonchev–Trinajstić information content (AvgIpc) is 3.18. The van der Waals surface area contributed by atoms with Crippen molar-refractivity contribution in [3.63, 3.8) is 0 Å². The first kappa shape index (κ1) is 20.7. The van der Waals surface area contributed by atoms with Crippen LogP contribution in [0.4, 0.5) is 5.69 Å². The maximum atomic E-state index is 13.4. The van der Waals surface area contributed by atoms with E-state index in [0.29, 0.717) is 28.0 Å². The lowest BCUT2D eigenvalue weighted by Gasteiger charge is -2.09. The summed E-state index contributed by atoms with van der Waals surface area (Å²) in [6.07, 6.45) is 0. The Kier molecular flexibility index (Phi) is 5.34. The van der Waals surface area contributed by atoms with Gasteiger partial charge in [-0.25, -0.2) is 4.79 Å². The smallest absolute Gasteiger partial charge is 0.336 e. The molecule has 3 aromatic carbocycles. The number of amides is 1. The maximum absolute atomic E-state index is 13.4. The number of carboxylic acid groups (broad SMARTS) is 1. The van der Waals surface area contributed by atoms with Crippen molar-refractivity contribution in [2.45, 2.75) is 0 Å². The van der Waals surface area contributed by atoms with Gasteiger partial charge in [0.2, 0.25) is 0 Å². The van der Waals surface area contributed by atoms with E-state index in [0.717, 1.165) is 0 Å². The van der Waals surface area contributed by atoms with E-state index in [2.05, 4.69) is 5.32 Å². The van der Waals surface area contributed by atoms with Gasteiger partial charge in [0.1, 0.15) is 22.9 Å². The molecule has 0 bridgehead atoms. The molecule has 4 aromatic rings. The number of benzene rings is 3. The molecule has 1 heterocycles. The summed E-state index contributed by atoms with van der Waals surface area (Å²) in [6.45, 7) is 0. The van der Waals surface area contributed by atoms with Gasteiger partial charge in [0.05, 0.1) is 18.2 Å². The Balaban J connectivity index is 1.86. The molecule has 0 aliphatic heterocycles. The van der Waals surface area contributed by atoms with Gasteiger partial charge in [-0.1, -0.05) is 18.2 Å². The van der Waals surface area contributed by atoms with Crippen LogP contribution in [0.2, 0.25) is 0 Å². The highest BCUT2D eigenvalue weighted by Crippen LogP contribution is 2.37. The third-order valence-corrected chi connectivity index (χ3v) is 4.98. The summed E-state index contributed by atoms with van der Waals surface area (Å²) in [5.41, 5.74) is 7.38. The van der Waals surface area contributed by atoms with Gasteiger partial charge in [-0.15, -0.1) is 0 Å². The predicted octanol–water partition coefficient (Wildman–Crippen LogP) is 4.34. The van der Waals surface area contributed by atoms with Crippen LogP contribution < -0.4 is 15.8 Å². The van der Waals surface area contributed by atoms with Crippen molar-refractivity contribution in [1.82, 2.24) is 0 Å². The first-order chi connectivity index (χ1) is 15.4. The molecule has 160 valence electrons. The SMILES string of the molecule is COc1ccc2oc(-c3ccccc3C(=O)O)c(C(=O)Nc3ccc(C(=N)N)cc3)c2c1. The van der Waals surface area contributed by atoms with Gasteiger partial charge in [0.15, 0.2) is 0 Å². The number of furan rings is 1. The second-order valence-corrected chi connectivity index (χ2v) is 6.96. The Morgan fingerprint density at radius 1 is 1.06 bits per heavy atom. The summed E-state index contributed by atoms with van der Waals surface area (Å²) < 4.78 is 11.2. The van der Waals surface area contributed by atoms with Gasteiger partial charge in [0.25, 0.3) is 5.91 Å². The molecular formula is C24H19N3O5. The number of hydrogen-bond donors (Lipinski definition) is 4. The van der Waals surface area contributed by atoms with E-state index >= 15 is 0 Å². The number of nitrogens with one attached hydrogen (secondary N) is 2. The van der Waals surface area contributed by atoms with Crippen LogP contribution in [-0.4, -0.2) is 29.9 Å². The number of rotatable bonds is 6. The topological polar surface area (TPSA) is 139 Å². The minimum atomic E-state index is -1.13. The van der Waals surface area contributed by atoms with E-state index in [1.807, 2.05) is 0 Å². The van der Waals surface area contributed by atoms with Crippen LogP contribution in [0.3, 0.4) is 0 Å². The van der Waals surface area contributed by atoms with Gasteiger partial charge in [0, 0.05) is 22.2 Å². The normalized spacial score (nSPS) is 10.7. The number of carboxylic acids is 1. The van der Waals surface area contributed by atoms with Gasteiger partial charge in [-0.2, -0.15) is 0 Å². The highest BCUT2D eigenvalue weighted by atomic mass is 16.5. The molecule has 5 N–H and O–H groups in total. The predicted molar refractivity (Wildman–Crippen MR) is 121 cm³/mol. The lowest BCUT2D eigenvalue weighted by atomic mass is 10.00. The first-order valence-corrected chi connectivity index (χ1v) is 9.58. The summed E-state index contributed by atoms with van der Waals surface area (Å²) in [4.78, 5) is 25.1. The van der Waals surface area contributed by atoms with Gasteiger partial charge in [-0.05, 0) is 48.5 Å². The summed E-state index contributed by atoms with van der Waals surface area (Å²) in [7, 11) is 1.51. The molecule has 1 aromatic heterocycles. The van der Waals surface area contributed by atoms with Crippen molar-refractivity contribution in [1.29, 1.82) is 5.41 Å². The second kappa shape index (κ2) is 8.27. The summed E-state index contributed by atoms with van der Waals surface area (Å²) in [5.74, 6) is -1.03. The Labute approximate surface area is 182 Å². The zero-order chi connectivity index (χ0) is 22.8. The van der Waals surface area contributed by atoms with E-state index in [4.69, 9.17) is 20.3 Å². The molecule has 0 aliphatic rings. The Morgan fingerprint density at radius 3 is 2.44 bits per heavy atom. The zero-order valence-electron chi connectivity index (χ0n) is 17.0. The number of nitrogen functional groups attached to an aromatic ring is 1. The molecule has 0 fully saturated rings. The third-order valence-electron chi connectivity index (χ3n) is 4.98. The second-order valence-electron chi connectivity index (χ2n) is 6.96. The molecule has 8 nitrogen and oxygen atoms in total. The monoisotopic (exact) mass is 429 g/mol. The van der Waals surface area contributed by atoms with Gasteiger partial charge >= 0.3 is 5.97 Å². The number of carbonyl (C=O) groups excluding carboxylic acids is 1. The highest BCUT2D eigenvalue weighted by molar-refractivity contribution is 6.17. The number of methoxy groups -OCH3 is 1. The molecule has 4 rings (SSSR count). The Hall–Kier alpha value is -4.59. The van der Waals surface area contributed by atoms with Crippen molar-refractivity contribution in [3.05, 3.63) is 83.4 Å². The van der Waals surface area contributed by atoms with E-state index in [9.17, 15) is 14.7 Å². The summed E-state index contributed by atoms with van der Waals surface area (Å²) in [5, 5.41) is 20.4. The molecular weight excluding hydrogens is 410 g/mol. The van der Waals surface area contributed by atoms with E-state index in [-0.39, 0.29) is 28.3 Å². The van der Waals surface area contributed by atoms with Crippen molar-refractivity contribution in [2.75, 3.05) is 12.4 Å². The molecule has 0 atom stereocenters. The molecule has 0 saturated carbocycles. The van der Waals surface area contributed by atoms with Crippen molar-refractivity contribution in [2.24, 2.45) is 5.73 Å². The molecule has 0 radical (unpaired) electrons. The van der Waals surface area contributed by atoms with Crippen LogP contribution in [0.1, 0.15) is 26.3 Å². The molecule has 0 aliphatic carbocycles. The molecule has 0 unspecified atom stereocenters. The van der Waals surface area contributed by atoms with Crippen LogP contribution in [0.5, 0.6) is 5.75 Å². The summed E-state index contributed by atoms with van der Waals surface area (Å²) in [6, 6.07) is 17.9. The van der Waals surface area contributed by atoms with Gasteiger partial charge < -0.3 is 25.3 Å². The lowest BCUT2D eigenvalue weighted by molar-refractivity contribution is 0.0697. The molecule has 1 amide bonds. The average molecular weight is 429 g/mol. The Morgan fingerprint density at radius 2 is 1.78 bits per heavy atom. The van der Waals surface area contributed by atoms with Crippen LogP contribution in [-0.2, 0) is 0 Å².